The third-order valence-corrected chi connectivity index (χ3v) is 5.78. The summed E-state index contributed by atoms with van der Waals surface area (Å²) in [4.78, 5) is 3.60. The van der Waals surface area contributed by atoms with Gasteiger partial charge in [-0.2, -0.15) is 0 Å². The van der Waals surface area contributed by atoms with Crippen molar-refractivity contribution < 1.29 is 16.8 Å². The van der Waals surface area contributed by atoms with Crippen LogP contribution < -0.4 is 4.72 Å². The summed E-state index contributed by atoms with van der Waals surface area (Å²) < 4.78 is 50.0. The van der Waals surface area contributed by atoms with Crippen LogP contribution in [-0.2, 0) is 26.4 Å². The third-order valence-electron chi connectivity index (χ3n) is 2.79. The first-order valence-electron chi connectivity index (χ1n) is 6.09. The number of hydrogen-bond donors (Lipinski definition) is 1. The van der Waals surface area contributed by atoms with Crippen molar-refractivity contribution in [3.63, 3.8) is 0 Å². The van der Waals surface area contributed by atoms with E-state index in [4.69, 9.17) is 11.6 Å². The van der Waals surface area contributed by atoms with Crippen molar-refractivity contribution in [3.05, 3.63) is 53.3 Å². The Morgan fingerprint density at radius 3 is 2.45 bits per heavy atom. The zero-order valence-electron chi connectivity index (χ0n) is 11.5. The molecule has 0 aliphatic rings. The largest absolute Gasteiger partial charge is 0.260 e. The standard InChI is InChI=1S/C13H13ClN2O4S2/c1-21(17,18)11-5-6-12(14)13(8-11)22(19,20)16-9-10-4-2-3-7-15-10/h2-8,16H,9H2,1H3. The first-order chi connectivity index (χ1) is 10.2. The van der Waals surface area contributed by atoms with E-state index in [0.717, 1.165) is 12.3 Å². The number of sulfone groups is 1. The monoisotopic (exact) mass is 360 g/mol. The Bertz CT molecular complexity index is 882. The van der Waals surface area contributed by atoms with E-state index in [0.29, 0.717) is 5.69 Å². The molecule has 0 spiro atoms. The van der Waals surface area contributed by atoms with E-state index in [1.165, 1.54) is 12.1 Å². The molecular weight excluding hydrogens is 348 g/mol. The molecule has 6 nitrogen and oxygen atoms in total. The SMILES string of the molecule is CS(=O)(=O)c1ccc(Cl)c(S(=O)(=O)NCc2ccccn2)c1. The van der Waals surface area contributed by atoms with Crippen LogP contribution in [0.1, 0.15) is 5.69 Å². The summed E-state index contributed by atoms with van der Waals surface area (Å²) in [6, 6.07) is 8.65. The predicted molar refractivity (Wildman–Crippen MR) is 82.8 cm³/mol. The highest BCUT2D eigenvalue weighted by molar-refractivity contribution is 7.91. The number of halogens is 1. The van der Waals surface area contributed by atoms with Gasteiger partial charge in [-0.15, -0.1) is 0 Å². The van der Waals surface area contributed by atoms with E-state index >= 15 is 0 Å². The molecule has 2 rings (SSSR count). The van der Waals surface area contributed by atoms with Crippen molar-refractivity contribution in [3.8, 4) is 0 Å². The molecule has 0 saturated heterocycles. The van der Waals surface area contributed by atoms with Gasteiger partial charge in [0, 0.05) is 12.5 Å². The van der Waals surface area contributed by atoms with Gasteiger partial charge in [-0.05, 0) is 30.3 Å². The van der Waals surface area contributed by atoms with Crippen molar-refractivity contribution in [2.24, 2.45) is 0 Å². The highest BCUT2D eigenvalue weighted by Gasteiger charge is 2.20. The topological polar surface area (TPSA) is 93.2 Å². The Hall–Kier alpha value is -1.48. The Labute approximate surface area is 134 Å². The van der Waals surface area contributed by atoms with Crippen LogP contribution in [0.5, 0.6) is 0 Å². The fourth-order valence-corrected chi connectivity index (χ4v) is 3.91. The van der Waals surface area contributed by atoms with E-state index < -0.39 is 19.9 Å². The smallest absolute Gasteiger partial charge is 0.242 e. The minimum Gasteiger partial charge on any atom is -0.260 e. The van der Waals surface area contributed by atoms with Gasteiger partial charge in [0.05, 0.1) is 22.2 Å². The summed E-state index contributed by atoms with van der Waals surface area (Å²) in [5.74, 6) is 0. The number of hydrogen-bond acceptors (Lipinski definition) is 5. The lowest BCUT2D eigenvalue weighted by Gasteiger charge is -2.09. The highest BCUT2D eigenvalue weighted by Crippen LogP contribution is 2.24. The van der Waals surface area contributed by atoms with Crippen LogP contribution in [0, 0.1) is 0 Å². The van der Waals surface area contributed by atoms with Gasteiger partial charge in [0.25, 0.3) is 0 Å². The molecule has 2 aromatic rings. The Kier molecular flexibility index (Phi) is 4.86. The van der Waals surface area contributed by atoms with Gasteiger partial charge >= 0.3 is 0 Å². The van der Waals surface area contributed by atoms with Gasteiger partial charge in [-0.25, -0.2) is 21.6 Å². The molecule has 0 atom stereocenters. The van der Waals surface area contributed by atoms with Gasteiger partial charge < -0.3 is 0 Å². The van der Waals surface area contributed by atoms with E-state index in [9.17, 15) is 16.8 Å². The van der Waals surface area contributed by atoms with Crippen LogP contribution in [0.3, 0.4) is 0 Å². The lowest BCUT2D eigenvalue weighted by molar-refractivity contribution is 0.580. The van der Waals surface area contributed by atoms with Crippen LogP contribution in [-0.4, -0.2) is 28.1 Å². The molecule has 9 heteroatoms. The highest BCUT2D eigenvalue weighted by atomic mass is 35.5. The molecule has 0 radical (unpaired) electrons. The molecule has 1 aromatic heterocycles. The van der Waals surface area contributed by atoms with Gasteiger partial charge in [0.15, 0.2) is 9.84 Å². The number of sulfonamides is 1. The number of rotatable bonds is 5. The van der Waals surface area contributed by atoms with Crippen molar-refractivity contribution >= 4 is 31.5 Å². The van der Waals surface area contributed by atoms with Gasteiger partial charge in [0.1, 0.15) is 4.90 Å². The Morgan fingerprint density at radius 1 is 1.14 bits per heavy atom. The number of pyridine rings is 1. The lowest BCUT2D eigenvalue weighted by atomic mass is 10.4. The van der Waals surface area contributed by atoms with Crippen molar-refractivity contribution in [2.45, 2.75) is 16.3 Å². The molecule has 1 aromatic carbocycles. The van der Waals surface area contributed by atoms with Gasteiger partial charge in [-0.3, -0.25) is 4.98 Å². The van der Waals surface area contributed by atoms with E-state index in [-0.39, 0.29) is 21.4 Å². The minimum atomic E-state index is -3.96. The van der Waals surface area contributed by atoms with E-state index in [1.54, 1.807) is 24.4 Å². The molecule has 0 bridgehead atoms. The van der Waals surface area contributed by atoms with Gasteiger partial charge in [0.2, 0.25) is 10.0 Å². The quantitative estimate of drug-likeness (QED) is 0.874. The summed E-state index contributed by atoms with van der Waals surface area (Å²) in [7, 11) is -7.49. The van der Waals surface area contributed by atoms with Crippen molar-refractivity contribution in [2.75, 3.05) is 6.26 Å². The van der Waals surface area contributed by atoms with E-state index in [2.05, 4.69) is 9.71 Å². The molecule has 22 heavy (non-hydrogen) atoms. The van der Waals surface area contributed by atoms with E-state index in [1.807, 2.05) is 0 Å². The van der Waals surface area contributed by atoms with Crippen LogP contribution in [0.15, 0.2) is 52.4 Å². The average molecular weight is 361 g/mol. The molecule has 1 heterocycles. The molecule has 0 saturated carbocycles. The maximum Gasteiger partial charge on any atom is 0.242 e. The molecular formula is C13H13ClN2O4S2. The van der Waals surface area contributed by atoms with Crippen molar-refractivity contribution in [1.82, 2.24) is 9.71 Å². The van der Waals surface area contributed by atoms with Crippen LogP contribution in [0.25, 0.3) is 0 Å². The first-order valence-corrected chi connectivity index (χ1v) is 9.84. The number of benzene rings is 1. The lowest BCUT2D eigenvalue weighted by Crippen LogP contribution is -2.24. The number of nitrogens with zero attached hydrogens (tertiary/aromatic N) is 1. The first kappa shape index (κ1) is 16.9. The van der Waals surface area contributed by atoms with Crippen LogP contribution in [0.2, 0.25) is 5.02 Å². The predicted octanol–water partition coefficient (Wildman–Crippen LogP) is 1.62. The maximum absolute atomic E-state index is 12.3. The minimum absolute atomic E-state index is 0.0252. The average Bonchev–Trinajstić information content (AvgIpc) is 2.45. The normalized spacial score (nSPS) is 12.3. The molecule has 0 fully saturated rings. The second kappa shape index (κ2) is 6.33. The summed E-state index contributed by atoms with van der Waals surface area (Å²) in [5, 5.41) is -0.0547. The maximum atomic E-state index is 12.3. The Morgan fingerprint density at radius 2 is 1.86 bits per heavy atom. The van der Waals surface area contributed by atoms with Crippen molar-refractivity contribution in [1.29, 1.82) is 0 Å². The molecule has 0 amide bonds. The number of aromatic nitrogens is 1. The summed E-state index contributed by atoms with van der Waals surface area (Å²) in [5.41, 5.74) is 0.529. The summed E-state index contributed by atoms with van der Waals surface area (Å²) in [6.45, 7) is -0.0252. The Balaban J connectivity index is 2.33. The third kappa shape index (κ3) is 4.04. The molecule has 0 unspecified atom stereocenters. The fraction of sp³-hybridized carbons (Fsp3) is 0.154. The second-order valence-corrected chi connectivity index (χ2v) is 8.67. The second-order valence-electron chi connectivity index (χ2n) is 4.51. The molecule has 0 aliphatic carbocycles. The zero-order chi connectivity index (χ0) is 16.4. The van der Waals surface area contributed by atoms with Crippen LogP contribution >= 0.6 is 11.6 Å². The zero-order valence-corrected chi connectivity index (χ0v) is 13.9. The summed E-state index contributed by atoms with van der Waals surface area (Å²) in [6.07, 6.45) is 2.54. The molecule has 1 N–H and O–H groups in total. The molecule has 118 valence electrons. The van der Waals surface area contributed by atoms with Crippen LogP contribution in [0.4, 0.5) is 0 Å². The van der Waals surface area contributed by atoms with Gasteiger partial charge in [-0.1, -0.05) is 17.7 Å². The summed E-state index contributed by atoms with van der Waals surface area (Å²) >= 11 is 5.88. The number of nitrogens with one attached hydrogen (secondary N) is 1. The molecule has 0 aliphatic heterocycles. The fourth-order valence-electron chi connectivity index (χ4n) is 1.67.